The van der Waals surface area contributed by atoms with Gasteiger partial charge in [0.15, 0.2) is 0 Å². The lowest BCUT2D eigenvalue weighted by Crippen LogP contribution is -2.47. The largest absolute Gasteiger partial charge is 0.336 e. The minimum absolute atomic E-state index is 0.00817. The molecule has 1 N–H and O–H groups in total. The molecule has 8 heteroatoms. The molecule has 2 aliphatic rings. The highest BCUT2D eigenvalue weighted by Crippen LogP contribution is 2.34. The molecule has 0 spiro atoms. The molecular formula is C36H41ClN4O2S. The molecule has 6 nitrogen and oxygen atoms in total. The Hall–Kier alpha value is -3.26. The number of nitrogens with zero attached hydrogens (tertiary/aromatic N) is 3. The molecule has 230 valence electrons. The molecule has 1 amide bonds. The summed E-state index contributed by atoms with van der Waals surface area (Å²) in [6.45, 7) is 7.12. The van der Waals surface area contributed by atoms with Crippen LogP contribution in [-0.4, -0.2) is 46.5 Å². The molecule has 44 heavy (non-hydrogen) atoms. The summed E-state index contributed by atoms with van der Waals surface area (Å²) in [5.74, 6) is 0.457. The smallest absolute Gasteiger partial charge is 0.265 e. The fourth-order valence-electron chi connectivity index (χ4n) is 6.78. The van der Waals surface area contributed by atoms with Gasteiger partial charge in [0.2, 0.25) is 0 Å². The van der Waals surface area contributed by atoms with Crippen molar-refractivity contribution in [1.29, 1.82) is 0 Å². The molecule has 1 saturated carbocycles. The average Bonchev–Trinajstić information content (AvgIpc) is 3.56. The molecule has 1 aliphatic heterocycles. The average molecular weight is 629 g/mol. The summed E-state index contributed by atoms with van der Waals surface area (Å²) in [5.41, 5.74) is 6.80. The lowest BCUT2D eigenvalue weighted by molar-refractivity contribution is 0.0733. The van der Waals surface area contributed by atoms with E-state index in [9.17, 15) is 9.59 Å². The summed E-state index contributed by atoms with van der Waals surface area (Å²) in [6.07, 6.45) is 8.22. The van der Waals surface area contributed by atoms with Crippen LogP contribution in [-0.2, 0) is 19.3 Å². The number of carbonyl (C=O) groups is 1. The van der Waals surface area contributed by atoms with Crippen molar-refractivity contribution in [2.24, 2.45) is 5.92 Å². The fourth-order valence-corrected chi connectivity index (χ4v) is 7.75. The molecule has 6 rings (SSSR count). The first-order valence-corrected chi connectivity index (χ1v) is 17.4. The second-order valence-corrected chi connectivity index (χ2v) is 13.3. The van der Waals surface area contributed by atoms with Crippen LogP contribution in [0.4, 0.5) is 0 Å². The monoisotopic (exact) mass is 628 g/mol. The summed E-state index contributed by atoms with van der Waals surface area (Å²) in [4.78, 5) is 36.2. The van der Waals surface area contributed by atoms with Gasteiger partial charge >= 0.3 is 0 Å². The molecule has 1 aliphatic carbocycles. The number of hydrogen-bond acceptors (Lipinski definition) is 5. The number of carbonyl (C=O) groups excluding carboxylic acids is 1. The van der Waals surface area contributed by atoms with E-state index in [1.165, 1.54) is 30.6 Å². The number of hydrogen-bond donors (Lipinski definition) is 1. The first-order valence-electron chi connectivity index (χ1n) is 16.1. The highest BCUT2D eigenvalue weighted by atomic mass is 35.5. The molecule has 0 bridgehead atoms. The number of amides is 1. The zero-order valence-electron chi connectivity index (χ0n) is 25.7. The van der Waals surface area contributed by atoms with Crippen LogP contribution < -0.4 is 10.9 Å². The third-order valence-electron chi connectivity index (χ3n) is 9.21. The van der Waals surface area contributed by atoms with Gasteiger partial charge in [-0.1, -0.05) is 87.9 Å². The third kappa shape index (κ3) is 6.28. The van der Waals surface area contributed by atoms with Crippen LogP contribution >= 0.6 is 22.9 Å². The van der Waals surface area contributed by atoms with Crippen molar-refractivity contribution in [2.75, 3.05) is 26.2 Å². The van der Waals surface area contributed by atoms with Gasteiger partial charge in [-0.05, 0) is 54.5 Å². The molecule has 0 atom stereocenters. The maximum Gasteiger partial charge on any atom is 0.265 e. The summed E-state index contributed by atoms with van der Waals surface area (Å²) < 4.78 is 1.93. The van der Waals surface area contributed by atoms with Crippen LogP contribution in [0.1, 0.15) is 73.1 Å². The number of benzene rings is 2. The Morgan fingerprint density at radius 2 is 1.68 bits per heavy atom. The van der Waals surface area contributed by atoms with Crippen LogP contribution in [0.15, 0.2) is 58.7 Å². The van der Waals surface area contributed by atoms with Crippen LogP contribution in [0, 0.1) is 5.92 Å². The number of nitrogens with one attached hydrogen (secondary N) is 1. The molecular weight excluding hydrogens is 588 g/mol. The Kier molecular flexibility index (Phi) is 9.65. The maximum absolute atomic E-state index is 14.9. The third-order valence-corrected chi connectivity index (χ3v) is 10.3. The van der Waals surface area contributed by atoms with Gasteiger partial charge in [-0.3, -0.25) is 14.2 Å². The van der Waals surface area contributed by atoms with Gasteiger partial charge in [-0.15, -0.1) is 11.3 Å². The Labute approximate surface area is 269 Å². The molecule has 3 heterocycles. The van der Waals surface area contributed by atoms with Crippen molar-refractivity contribution < 1.29 is 4.79 Å². The lowest BCUT2D eigenvalue weighted by Gasteiger charge is -2.31. The molecule has 2 aromatic carbocycles. The number of halogens is 1. The molecule has 0 radical (unpaired) electrons. The number of piperazine rings is 1. The van der Waals surface area contributed by atoms with E-state index in [4.69, 9.17) is 16.6 Å². The second-order valence-electron chi connectivity index (χ2n) is 12.0. The first-order chi connectivity index (χ1) is 21.5. The van der Waals surface area contributed by atoms with E-state index in [1.54, 1.807) is 0 Å². The van der Waals surface area contributed by atoms with Crippen LogP contribution in [0.5, 0.6) is 0 Å². The van der Waals surface area contributed by atoms with E-state index in [-0.39, 0.29) is 11.5 Å². The zero-order valence-corrected chi connectivity index (χ0v) is 27.3. The van der Waals surface area contributed by atoms with E-state index in [1.807, 2.05) is 45.2 Å². The van der Waals surface area contributed by atoms with E-state index >= 15 is 0 Å². The minimum Gasteiger partial charge on any atom is -0.336 e. The number of rotatable bonds is 8. The highest BCUT2D eigenvalue weighted by Gasteiger charge is 2.30. The van der Waals surface area contributed by atoms with E-state index in [0.29, 0.717) is 40.2 Å². The Balaban J connectivity index is 1.60. The van der Waals surface area contributed by atoms with Crippen LogP contribution in [0.25, 0.3) is 27.5 Å². The predicted molar refractivity (Wildman–Crippen MR) is 181 cm³/mol. The Morgan fingerprint density at radius 1 is 1.00 bits per heavy atom. The van der Waals surface area contributed by atoms with Gasteiger partial charge in [-0.2, -0.15) is 0 Å². The topological polar surface area (TPSA) is 67.2 Å². The normalized spacial score (nSPS) is 15.9. The lowest BCUT2D eigenvalue weighted by atomic mass is 9.84. The Bertz CT molecular complexity index is 1660. The minimum atomic E-state index is -0.0970. The summed E-state index contributed by atoms with van der Waals surface area (Å²) in [6, 6.07) is 15.8. The van der Waals surface area contributed by atoms with Crippen molar-refractivity contribution in [3.63, 3.8) is 0 Å². The van der Waals surface area contributed by atoms with Crippen molar-refractivity contribution in [1.82, 2.24) is 19.8 Å². The Morgan fingerprint density at radius 3 is 2.34 bits per heavy atom. The van der Waals surface area contributed by atoms with Gasteiger partial charge in [0.25, 0.3) is 11.5 Å². The van der Waals surface area contributed by atoms with Crippen LogP contribution in [0.3, 0.4) is 0 Å². The first kappa shape index (κ1) is 30.8. The number of thiazole rings is 1. The van der Waals surface area contributed by atoms with Gasteiger partial charge < -0.3 is 10.2 Å². The number of aromatic nitrogens is 2. The molecule has 4 aromatic rings. The molecule has 1 saturated heterocycles. The SMILES string of the molecule is CCc1cccc(CC)c1-n1c(CC2CCCCC2)c(C(=O)N2CCNCC2)cc(-c2nc(-c3ccc(Cl)cc3)cs2)c1=O. The second kappa shape index (κ2) is 13.8. The van der Waals surface area contributed by atoms with Crippen LogP contribution in [0.2, 0.25) is 5.02 Å². The summed E-state index contributed by atoms with van der Waals surface area (Å²) >= 11 is 7.58. The summed E-state index contributed by atoms with van der Waals surface area (Å²) in [7, 11) is 0. The predicted octanol–water partition coefficient (Wildman–Crippen LogP) is 7.57. The number of para-hydroxylation sites is 1. The fraction of sp³-hybridized carbons (Fsp3) is 0.417. The van der Waals surface area contributed by atoms with E-state index < -0.39 is 0 Å². The van der Waals surface area contributed by atoms with E-state index in [2.05, 4.69) is 37.4 Å². The quantitative estimate of drug-likeness (QED) is 0.218. The zero-order chi connectivity index (χ0) is 30.6. The van der Waals surface area contributed by atoms with Gasteiger partial charge in [0, 0.05) is 47.8 Å². The summed E-state index contributed by atoms with van der Waals surface area (Å²) in [5, 5.41) is 6.64. The molecule has 0 unspecified atom stereocenters. The maximum atomic E-state index is 14.9. The van der Waals surface area contributed by atoms with Crippen molar-refractivity contribution in [2.45, 2.75) is 65.2 Å². The van der Waals surface area contributed by atoms with Gasteiger partial charge in [0.1, 0.15) is 5.01 Å². The standard InChI is InChI=1S/C36H41ClN4O2S/c1-3-25-11-8-12-26(4-2)33(25)41-32(21-24-9-6-5-7-10-24)29(35(42)40-19-17-38-18-20-40)22-30(36(41)43)34-39-31(23-44-34)27-13-15-28(37)16-14-27/h8,11-16,22-24,38H,3-7,9-10,17-21H2,1-2H3. The number of pyridine rings is 1. The molecule has 2 fully saturated rings. The van der Waals surface area contributed by atoms with Gasteiger partial charge in [0.05, 0.1) is 22.5 Å². The van der Waals surface area contributed by atoms with E-state index in [0.717, 1.165) is 79.0 Å². The van der Waals surface area contributed by atoms with Crippen molar-refractivity contribution in [3.05, 3.63) is 91.7 Å². The van der Waals surface area contributed by atoms with Crippen molar-refractivity contribution >= 4 is 28.8 Å². The number of aryl methyl sites for hydroxylation is 2. The molecule has 2 aromatic heterocycles. The highest BCUT2D eigenvalue weighted by molar-refractivity contribution is 7.13. The van der Waals surface area contributed by atoms with Gasteiger partial charge in [-0.25, -0.2) is 4.98 Å². The van der Waals surface area contributed by atoms with Crippen molar-refractivity contribution in [3.8, 4) is 27.5 Å².